The maximum atomic E-state index is 13.0. The van der Waals surface area contributed by atoms with E-state index in [1.165, 1.54) is 12.1 Å². The Balaban J connectivity index is 1.43. The number of aliphatic hydroxyl groups excluding tert-OH is 1. The summed E-state index contributed by atoms with van der Waals surface area (Å²) in [5.74, 6) is 0.140. The maximum Gasteiger partial charge on any atom is 0.314 e. The highest BCUT2D eigenvalue weighted by Crippen LogP contribution is 2.47. The van der Waals surface area contributed by atoms with E-state index in [0.717, 1.165) is 44.1 Å². The van der Waals surface area contributed by atoms with Gasteiger partial charge in [-0.1, -0.05) is 18.6 Å². The molecule has 0 radical (unpaired) electrons. The Labute approximate surface area is 136 Å². The maximum absolute atomic E-state index is 13.0. The minimum atomic E-state index is -0.232. The Morgan fingerprint density at radius 2 is 1.96 bits per heavy atom. The Morgan fingerprint density at radius 1 is 1.22 bits per heavy atom. The van der Waals surface area contributed by atoms with Crippen LogP contribution in [0, 0.1) is 11.7 Å². The second-order valence-electron chi connectivity index (χ2n) is 7.04. The van der Waals surface area contributed by atoms with Gasteiger partial charge in [0.1, 0.15) is 5.82 Å². The van der Waals surface area contributed by atoms with Crippen molar-refractivity contribution in [3.63, 3.8) is 0 Å². The summed E-state index contributed by atoms with van der Waals surface area (Å²) < 4.78 is 13.0. The molecule has 0 bridgehead atoms. The molecule has 126 valence electrons. The number of urea groups is 1. The van der Waals surface area contributed by atoms with Gasteiger partial charge < -0.3 is 15.7 Å². The second kappa shape index (κ2) is 6.87. The number of amides is 2. The number of carbonyl (C=O) groups excluding carboxylic acids is 1. The van der Waals surface area contributed by atoms with Crippen molar-refractivity contribution in [1.82, 2.24) is 10.6 Å². The molecular weight excluding hydrogens is 295 g/mol. The topological polar surface area (TPSA) is 61.4 Å². The summed E-state index contributed by atoms with van der Waals surface area (Å²) in [7, 11) is 0. The van der Waals surface area contributed by atoms with Gasteiger partial charge in [-0.25, -0.2) is 9.18 Å². The number of nitrogens with one attached hydrogen (secondary N) is 2. The summed E-state index contributed by atoms with van der Waals surface area (Å²) in [5, 5.41) is 15.5. The number of carbonyl (C=O) groups is 1. The molecule has 2 aliphatic rings. The van der Waals surface area contributed by atoms with Crippen LogP contribution in [0.4, 0.5) is 9.18 Å². The molecule has 1 aromatic carbocycles. The number of hydrogen-bond donors (Lipinski definition) is 3. The van der Waals surface area contributed by atoms with E-state index in [9.17, 15) is 14.3 Å². The number of rotatable bonds is 5. The van der Waals surface area contributed by atoms with Crippen LogP contribution in [0.3, 0.4) is 0 Å². The highest BCUT2D eigenvalue weighted by molar-refractivity contribution is 5.74. The van der Waals surface area contributed by atoms with Crippen LogP contribution in [0.25, 0.3) is 0 Å². The van der Waals surface area contributed by atoms with Gasteiger partial charge >= 0.3 is 6.03 Å². The minimum Gasteiger partial charge on any atom is -0.393 e. The highest BCUT2D eigenvalue weighted by Gasteiger charge is 2.44. The van der Waals surface area contributed by atoms with E-state index < -0.39 is 0 Å². The number of aliphatic hydroxyl groups is 1. The first-order chi connectivity index (χ1) is 11.1. The SMILES string of the molecule is O=C(NCC1CCCC(O)C1)NCC1(c2ccc(F)cc2)CC1. The van der Waals surface area contributed by atoms with Crippen LogP contribution in [0.1, 0.15) is 44.1 Å². The average molecular weight is 320 g/mol. The van der Waals surface area contributed by atoms with E-state index in [1.54, 1.807) is 0 Å². The first-order valence-electron chi connectivity index (χ1n) is 8.53. The van der Waals surface area contributed by atoms with Crippen LogP contribution in [0.2, 0.25) is 0 Å². The van der Waals surface area contributed by atoms with Crippen LogP contribution in [-0.2, 0) is 5.41 Å². The first-order valence-corrected chi connectivity index (χ1v) is 8.53. The Kier molecular flexibility index (Phi) is 4.85. The summed E-state index contributed by atoms with van der Waals surface area (Å²) >= 11 is 0. The summed E-state index contributed by atoms with van der Waals surface area (Å²) in [6.45, 7) is 1.20. The lowest BCUT2D eigenvalue weighted by Gasteiger charge is -2.26. The molecule has 2 aliphatic carbocycles. The van der Waals surface area contributed by atoms with Gasteiger partial charge in [-0.15, -0.1) is 0 Å². The minimum absolute atomic E-state index is 0.0218. The van der Waals surface area contributed by atoms with Crippen molar-refractivity contribution in [1.29, 1.82) is 0 Å². The van der Waals surface area contributed by atoms with E-state index in [0.29, 0.717) is 19.0 Å². The third kappa shape index (κ3) is 4.22. The average Bonchev–Trinajstić information content (AvgIpc) is 3.33. The van der Waals surface area contributed by atoms with E-state index >= 15 is 0 Å². The molecule has 3 N–H and O–H groups in total. The van der Waals surface area contributed by atoms with Gasteiger partial charge in [0, 0.05) is 18.5 Å². The highest BCUT2D eigenvalue weighted by atomic mass is 19.1. The van der Waals surface area contributed by atoms with Crippen LogP contribution in [0.5, 0.6) is 0 Å². The summed E-state index contributed by atoms with van der Waals surface area (Å²) in [4.78, 5) is 12.0. The Hall–Kier alpha value is -1.62. The third-order valence-corrected chi connectivity index (χ3v) is 5.20. The van der Waals surface area contributed by atoms with Crippen molar-refractivity contribution >= 4 is 6.03 Å². The molecule has 2 atom stereocenters. The van der Waals surface area contributed by atoms with Crippen molar-refractivity contribution in [3.05, 3.63) is 35.6 Å². The van der Waals surface area contributed by atoms with Crippen molar-refractivity contribution in [3.8, 4) is 0 Å². The zero-order valence-electron chi connectivity index (χ0n) is 13.4. The number of hydrogen-bond acceptors (Lipinski definition) is 2. The van der Waals surface area contributed by atoms with Crippen molar-refractivity contribution in [2.45, 2.75) is 50.0 Å². The molecule has 2 saturated carbocycles. The molecule has 2 fully saturated rings. The second-order valence-corrected chi connectivity index (χ2v) is 7.04. The molecule has 2 unspecified atom stereocenters. The predicted octanol–water partition coefficient (Wildman–Crippen LogP) is 2.71. The first kappa shape index (κ1) is 16.2. The largest absolute Gasteiger partial charge is 0.393 e. The Bertz CT molecular complexity index is 542. The number of halogens is 1. The van der Waals surface area contributed by atoms with E-state index in [4.69, 9.17) is 0 Å². The van der Waals surface area contributed by atoms with E-state index in [-0.39, 0.29) is 23.4 Å². The molecule has 0 aromatic heterocycles. The lowest BCUT2D eigenvalue weighted by molar-refractivity contribution is 0.101. The fourth-order valence-corrected chi connectivity index (χ4v) is 3.52. The zero-order chi connectivity index (χ0) is 16.3. The molecule has 1 aromatic rings. The quantitative estimate of drug-likeness (QED) is 0.781. The van der Waals surface area contributed by atoms with E-state index in [1.807, 2.05) is 12.1 Å². The molecule has 2 amide bonds. The molecule has 23 heavy (non-hydrogen) atoms. The molecule has 3 rings (SSSR count). The lowest BCUT2D eigenvalue weighted by atomic mass is 9.87. The number of benzene rings is 1. The van der Waals surface area contributed by atoms with Crippen molar-refractivity contribution in [2.75, 3.05) is 13.1 Å². The van der Waals surface area contributed by atoms with E-state index in [2.05, 4.69) is 10.6 Å². The molecule has 5 heteroatoms. The van der Waals surface area contributed by atoms with Crippen LogP contribution in [0.15, 0.2) is 24.3 Å². The van der Waals surface area contributed by atoms with Gasteiger partial charge in [-0.2, -0.15) is 0 Å². The monoisotopic (exact) mass is 320 g/mol. The summed E-state index contributed by atoms with van der Waals surface area (Å²) in [5.41, 5.74) is 1.07. The van der Waals surface area contributed by atoms with Crippen LogP contribution in [-0.4, -0.2) is 30.3 Å². The normalized spacial score (nSPS) is 25.7. The van der Waals surface area contributed by atoms with Crippen LogP contribution < -0.4 is 10.6 Å². The standard InChI is InChI=1S/C18H25FN2O2/c19-15-6-4-14(5-7-15)18(8-9-18)12-21-17(23)20-11-13-2-1-3-16(22)10-13/h4-7,13,16,22H,1-3,8-12H2,(H2,20,21,23). The molecule has 4 nitrogen and oxygen atoms in total. The summed E-state index contributed by atoms with van der Waals surface area (Å²) in [6.07, 6.45) is 5.58. The van der Waals surface area contributed by atoms with Crippen LogP contribution >= 0.6 is 0 Å². The Morgan fingerprint density at radius 3 is 2.61 bits per heavy atom. The third-order valence-electron chi connectivity index (χ3n) is 5.20. The molecule has 0 spiro atoms. The van der Waals surface area contributed by atoms with Crippen molar-refractivity contribution < 1.29 is 14.3 Å². The molecule has 0 aliphatic heterocycles. The fourth-order valence-electron chi connectivity index (χ4n) is 3.52. The lowest BCUT2D eigenvalue weighted by Crippen LogP contribution is -2.42. The fraction of sp³-hybridized carbons (Fsp3) is 0.611. The molecular formula is C18H25FN2O2. The van der Waals surface area contributed by atoms with Gasteiger partial charge in [-0.05, 0) is 55.7 Å². The van der Waals surface area contributed by atoms with Gasteiger partial charge in [0.15, 0.2) is 0 Å². The van der Waals surface area contributed by atoms with Crippen molar-refractivity contribution in [2.24, 2.45) is 5.92 Å². The zero-order valence-corrected chi connectivity index (χ0v) is 13.4. The molecule has 0 saturated heterocycles. The van der Waals surface area contributed by atoms with Gasteiger partial charge in [-0.3, -0.25) is 0 Å². The summed E-state index contributed by atoms with van der Waals surface area (Å²) in [6, 6.07) is 6.42. The van der Waals surface area contributed by atoms with Gasteiger partial charge in [0.2, 0.25) is 0 Å². The van der Waals surface area contributed by atoms with Gasteiger partial charge in [0.25, 0.3) is 0 Å². The smallest absolute Gasteiger partial charge is 0.314 e. The molecule has 0 heterocycles. The predicted molar refractivity (Wildman–Crippen MR) is 86.7 cm³/mol. The van der Waals surface area contributed by atoms with Gasteiger partial charge in [0.05, 0.1) is 6.10 Å².